The van der Waals surface area contributed by atoms with Crippen LogP contribution in [-0.2, 0) is 11.3 Å². The zero-order chi connectivity index (χ0) is 22.4. The molecule has 162 valence electrons. The van der Waals surface area contributed by atoms with E-state index in [4.69, 9.17) is 14.2 Å². The molecule has 0 saturated heterocycles. The predicted octanol–water partition coefficient (Wildman–Crippen LogP) is 4.60. The van der Waals surface area contributed by atoms with E-state index in [1.165, 1.54) is 7.11 Å². The van der Waals surface area contributed by atoms with Crippen molar-refractivity contribution in [2.75, 3.05) is 20.3 Å². The summed E-state index contributed by atoms with van der Waals surface area (Å²) in [5, 5.41) is 0. The number of nitrogens with zero attached hydrogens (tertiary/aromatic N) is 1. The number of carbonyl (C=O) groups excluding carboxylic acids is 2. The first-order valence-electron chi connectivity index (χ1n) is 10.2. The van der Waals surface area contributed by atoms with E-state index in [-0.39, 0.29) is 12.4 Å². The maximum absolute atomic E-state index is 12.7. The molecule has 0 fully saturated rings. The zero-order valence-electron chi connectivity index (χ0n) is 18.3. The molecule has 0 amide bonds. The Labute approximate surface area is 182 Å². The second kappa shape index (κ2) is 9.98. The van der Waals surface area contributed by atoms with Crippen LogP contribution in [0.15, 0.2) is 54.6 Å². The largest absolute Gasteiger partial charge is 0.493 e. The highest BCUT2D eigenvalue weighted by atomic mass is 16.5. The number of benzene rings is 2. The number of ketones is 1. The van der Waals surface area contributed by atoms with Crippen molar-refractivity contribution in [2.45, 2.75) is 27.3 Å². The normalized spacial score (nSPS) is 10.6. The molecule has 1 heterocycles. The number of rotatable bonds is 9. The van der Waals surface area contributed by atoms with Crippen molar-refractivity contribution < 1.29 is 23.8 Å². The summed E-state index contributed by atoms with van der Waals surface area (Å²) in [6.45, 7) is 6.57. The Bertz CT molecular complexity index is 1070. The minimum Gasteiger partial charge on any atom is -0.493 e. The zero-order valence-corrected chi connectivity index (χ0v) is 18.3. The molecule has 0 unspecified atom stereocenters. The van der Waals surface area contributed by atoms with E-state index in [1.807, 2.05) is 57.2 Å². The van der Waals surface area contributed by atoms with Gasteiger partial charge in [0.25, 0.3) is 0 Å². The first-order chi connectivity index (χ1) is 14.9. The van der Waals surface area contributed by atoms with E-state index in [0.29, 0.717) is 35.8 Å². The Balaban J connectivity index is 1.68. The van der Waals surface area contributed by atoms with Gasteiger partial charge in [-0.25, -0.2) is 4.79 Å². The van der Waals surface area contributed by atoms with Gasteiger partial charge in [0.2, 0.25) is 5.78 Å². The van der Waals surface area contributed by atoms with Crippen molar-refractivity contribution in [1.82, 2.24) is 4.57 Å². The van der Waals surface area contributed by atoms with Gasteiger partial charge >= 0.3 is 5.97 Å². The molecule has 0 saturated carbocycles. The predicted molar refractivity (Wildman–Crippen MR) is 118 cm³/mol. The van der Waals surface area contributed by atoms with Crippen LogP contribution in [0.25, 0.3) is 0 Å². The first kappa shape index (κ1) is 22.2. The summed E-state index contributed by atoms with van der Waals surface area (Å²) < 4.78 is 18.1. The van der Waals surface area contributed by atoms with Gasteiger partial charge in [0.15, 0.2) is 18.1 Å². The lowest BCUT2D eigenvalue weighted by Crippen LogP contribution is -2.15. The molecule has 31 heavy (non-hydrogen) atoms. The number of hydrogen-bond acceptors (Lipinski definition) is 5. The molecule has 0 bridgehead atoms. The summed E-state index contributed by atoms with van der Waals surface area (Å²) in [5.41, 5.74) is 3.84. The molecule has 6 heteroatoms. The Morgan fingerprint density at radius 1 is 0.968 bits per heavy atom. The molecular formula is C25H27NO5. The standard InChI is InChI=1S/C25H27NO5/c1-5-30-23-12-11-20(14-24(23)29-4)25(28)31-16-22(27)21-13-17(2)26(18(21)3)15-19-9-7-6-8-10-19/h6-14H,5,15-16H2,1-4H3. The topological polar surface area (TPSA) is 66.8 Å². The summed E-state index contributed by atoms with van der Waals surface area (Å²) in [6, 6.07) is 16.7. The highest BCUT2D eigenvalue weighted by Gasteiger charge is 2.19. The van der Waals surface area contributed by atoms with Crippen LogP contribution in [0.5, 0.6) is 11.5 Å². The van der Waals surface area contributed by atoms with Crippen molar-refractivity contribution in [1.29, 1.82) is 0 Å². The average Bonchev–Trinajstić information content (AvgIpc) is 3.06. The van der Waals surface area contributed by atoms with Crippen LogP contribution in [0.1, 0.15) is 44.6 Å². The molecule has 0 radical (unpaired) electrons. The molecule has 2 aromatic carbocycles. The third kappa shape index (κ3) is 5.15. The first-order valence-corrected chi connectivity index (χ1v) is 10.2. The molecule has 3 rings (SSSR count). The molecule has 0 aliphatic heterocycles. The molecule has 1 aromatic heterocycles. The molecule has 0 spiro atoms. The average molecular weight is 421 g/mol. The highest BCUT2D eigenvalue weighted by Crippen LogP contribution is 2.28. The molecule has 0 N–H and O–H groups in total. The Kier molecular flexibility index (Phi) is 7.13. The number of ether oxygens (including phenoxy) is 3. The van der Waals surface area contributed by atoms with Gasteiger partial charge in [-0.1, -0.05) is 30.3 Å². The van der Waals surface area contributed by atoms with E-state index in [0.717, 1.165) is 17.0 Å². The Hall–Kier alpha value is -3.54. The van der Waals surface area contributed by atoms with E-state index >= 15 is 0 Å². The number of hydrogen-bond donors (Lipinski definition) is 0. The van der Waals surface area contributed by atoms with Crippen LogP contribution in [0.4, 0.5) is 0 Å². The molecular weight excluding hydrogens is 394 g/mol. The van der Waals surface area contributed by atoms with E-state index in [1.54, 1.807) is 18.2 Å². The smallest absolute Gasteiger partial charge is 0.338 e. The van der Waals surface area contributed by atoms with Crippen LogP contribution < -0.4 is 9.47 Å². The summed E-state index contributed by atoms with van der Waals surface area (Å²) in [7, 11) is 1.50. The van der Waals surface area contributed by atoms with Crippen molar-refractivity contribution in [2.24, 2.45) is 0 Å². The molecule has 0 aliphatic carbocycles. The van der Waals surface area contributed by atoms with Crippen LogP contribution in [0.3, 0.4) is 0 Å². The fourth-order valence-electron chi connectivity index (χ4n) is 3.45. The summed E-state index contributed by atoms with van der Waals surface area (Å²) in [5.74, 6) is 0.155. The fraction of sp³-hybridized carbons (Fsp3) is 0.280. The van der Waals surface area contributed by atoms with Crippen LogP contribution in [-0.4, -0.2) is 36.6 Å². The molecule has 3 aromatic rings. The van der Waals surface area contributed by atoms with Crippen LogP contribution in [0.2, 0.25) is 0 Å². The van der Waals surface area contributed by atoms with Gasteiger partial charge in [0.1, 0.15) is 0 Å². The minimum atomic E-state index is -0.590. The minimum absolute atomic E-state index is 0.237. The number of Topliss-reactive ketones (excluding diaryl/α,β-unsaturated/α-hetero) is 1. The van der Waals surface area contributed by atoms with Gasteiger partial charge in [-0.05, 0) is 50.6 Å². The lowest BCUT2D eigenvalue weighted by molar-refractivity contribution is 0.0474. The van der Waals surface area contributed by atoms with Gasteiger partial charge < -0.3 is 18.8 Å². The molecule has 0 aliphatic rings. The van der Waals surface area contributed by atoms with E-state index in [2.05, 4.69) is 4.57 Å². The summed E-state index contributed by atoms with van der Waals surface area (Å²) in [4.78, 5) is 25.2. The van der Waals surface area contributed by atoms with Gasteiger partial charge in [-0.15, -0.1) is 0 Å². The number of methoxy groups -OCH3 is 1. The summed E-state index contributed by atoms with van der Waals surface area (Å²) in [6.07, 6.45) is 0. The van der Waals surface area contributed by atoms with Crippen molar-refractivity contribution in [3.05, 3.63) is 82.7 Å². The Morgan fingerprint density at radius 2 is 1.71 bits per heavy atom. The van der Waals surface area contributed by atoms with Crippen molar-refractivity contribution in [3.8, 4) is 11.5 Å². The molecule has 6 nitrogen and oxygen atoms in total. The van der Waals surface area contributed by atoms with Crippen LogP contribution in [0, 0.1) is 13.8 Å². The van der Waals surface area contributed by atoms with Gasteiger partial charge in [-0.2, -0.15) is 0 Å². The molecule has 0 atom stereocenters. The second-order valence-electron chi connectivity index (χ2n) is 7.15. The lowest BCUT2D eigenvalue weighted by Gasteiger charge is -2.11. The highest BCUT2D eigenvalue weighted by molar-refractivity contribution is 6.00. The van der Waals surface area contributed by atoms with Gasteiger partial charge in [0, 0.05) is 23.5 Å². The maximum Gasteiger partial charge on any atom is 0.338 e. The van der Waals surface area contributed by atoms with E-state index < -0.39 is 5.97 Å². The maximum atomic E-state index is 12.7. The third-order valence-corrected chi connectivity index (χ3v) is 5.09. The van der Waals surface area contributed by atoms with Gasteiger partial charge in [-0.3, -0.25) is 4.79 Å². The number of aryl methyl sites for hydroxylation is 1. The number of esters is 1. The van der Waals surface area contributed by atoms with E-state index in [9.17, 15) is 9.59 Å². The van der Waals surface area contributed by atoms with Crippen molar-refractivity contribution in [3.63, 3.8) is 0 Å². The second-order valence-corrected chi connectivity index (χ2v) is 7.15. The summed E-state index contributed by atoms with van der Waals surface area (Å²) >= 11 is 0. The van der Waals surface area contributed by atoms with Gasteiger partial charge in [0.05, 0.1) is 19.3 Å². The quantitative estimate of drug-likeness (QED) is 0.373. The SMILES string of the molecule is CCOc1ccc(C(=O)OCC(=O)c2cc(C)n(Cc3ccccc3)c2C)cc1OC. The van der Waals surface area contributed by atoms with Crippen LogP contribution >= 0.6 is 0 Å². The Morgan fingerprint density at radius 3 is 2.39 bits per heavy atom. The number of carbonyl (C=O) groups is 2. The fourth-order valence-corrected chi connectivity index (χ4v) is 3.45. The monoisotopic (exact) mass is 421 g/mol. The number of aromatic nitrogens is 1. The van der Waals surface area contributed by atoms with Crippen molar-refractivity contribution >= 4 is 11.8 Å². The lowest BCUT2D eigenvalue weighted by atomic mass is 10.1. The third-order valence-electron chi connectivity index (χ3n) is 5.09.